The summed E-state index contributed by atoms with van der Waals surface area (Å²) in [6.45, 7) is 4.18. The molecule has 0 saturated heterocycles. The van der Waals surface area contributed by atoms with E-state index in [0.29, 0.717) is 22.9 Å². The van der Waals surface area contributed by atoms with Gasteiger partial charge in [0.1, 0.15) is 0 Å². The van der Waals surface area contributed by atoms with E-state index >= 15 is 0 Å². The van der Waals surface area contributed by atoms with Gasteiger partial charge in [-0.25, -0.2) is 0 Å². The maximum Gasteiger partial charge on any atom is 0.303 e. The first-order valence-corrected chi connectivity index (χ1v) is 8.71. The monoisotopic (exact) mass is 343 g/mol. The van der Waals surface area contributed by atoms with Crippen molar-refractivity contribution in [3.8, 4) is 0 Å². The number of amides is 1. The average molecular weight is 343 g/mol. The second-order valence-corrected chi connectivity index (χ2v) is 7.33. The summed E-state index contributed by atoms with van der Waals surface area (Å²) in [6.07, 6.45) is 0.518. The molecular weight excluding hydrogens is 322 g/mol. The summed E-state index contributed by atoms with van der Waals surface area (Å²) < 4.78 is 0. The molecule has 0 aromatic heterocycles. The lowest BCUT2D eigenvalue weighted by Crippen LogP contribution is -2.13. The van der Waals surface area contributed by atoms with E-state index in [9.17, 15) is 9.59 Å². The molecule has 2 aromatic rings. The number of carbonyl (C=O) groups excluding carboxylic acids is 1. The molecule has 0 radical (unpaired) electrons. The summed E-state index contributed by atoms with van der Waals surface area (Å²) >= 11 is 1.65. The zero-order valence-corrected chi connectivity index (χ0v) is 14.6. The minimum atomic E-state index is -0.830. The molecule has 4 nitrogen and oxygen atoms in total. The van der Waals surface area contributed by atoms with E-state index in [-0.39, 0.29) is 12.3 Å². The predicted molar refractivity (Wildman–Crippen MR) is 97.8 cm³/mol. The smallest absolute Gasteiger partial charge is 0.303 e. The lowest BCUT2D eigenvalue weighted by Gasteiger charge is -2.12. The molecule has 24 heavy (non-hydrogen) atoms. The molecule has 0 spiro atoms. The summed E-state index contributed by atoms with van der Waals surface area (Å²) in [7, 11) is 0. The Bertz CT molecular complexity index is 728. The lowest BCUT2D eigenvalue weighted by molar-refractivity contribution is -0.136. The molecule has 0 fully saturated rings. The highest BCUT2D eigenvalue weighted by Crippen LogP contribution is 2.27. The quantitative estimate of drug-likeness (QED) is 0.729. The molecule has 0 heterocycles. The van der Waals surface area contributed by atoms with Gasteiger partial charge in [-0.15, -0.1) is 11.8 Å². The normalized spacial score (nSPS) is 10.6. The van der Waals surface area contributed by atoms with Crippen molar-refractivity contribution in [1.29, 1.82) is 0 Å². The molecule has 0 unspecified atom stereocenters. The molecule has 0 aliphatic rings. The van der Waals surface area contributed by atoms with Crippen LogP contribution in [0.3, 0.4) is 0 Å². The Morgan fingerprint density at radius 1 is 1.12 bits per heavy atom. The average Bonchev–Trinajstić information content (AvgIpc) is 2.53. The third-order valence-electron chi connectivity index (χ3n) is 3.31. The van der Waals surface area contributed by atoms with Crippen molar-refractivity contribution in [3.63, 3.8) is 0 Å². The summed E-state index contributed by atoms with van der Waals surface area (Å²) in [5, 5.41) is 12.1. The van der Waals surface area contributed by atoms with E-state index in [2.05, 4.69) is 19.2 Å². The Morgan fingerprint density at radius 3 is 2.58 bits per heavy atom. The van der Waals surface area contributed by atoms with Crippen LogP contribution >= 0.6 is 11.8 Å². The van der Waals surface area contributed by atoms with Gasteiger partial charge >= 0.3 is 5.97 Å². The molecule has 5 heteroatoms. The maximum atomic E-state index is 12.6. The predicted octanol–water partition coefficient (Wildman–Crippen LogP) is 4.46. The Morgan fingerprint density at radius 2 is 1.88 bits per heavy atom. The van der Waals surface area contributed by atoms with Gasteiger partial charge < -0.3 is 10.4 Å². The number of carbonyl (C=O) groups is 2. The first-order valence-electron chi connectivity index (χ1n) is 7.83. The number of anilines is 1. The van der Waals surface area contributed by atoms with Crippen LogP contribution < -0.4 is 5.32 Å². The number of carboxylic acids is 1. The Kier molecular flexibility index (Phi) is 6.44. The number of aryl methyl sites for hydroxylation is 1. The third kappa shape index (κ3) is 5.42. The Labute approximate surface area is 146 Å². The molecule has 2 rings (SSSR count). The van der Waals surface area contributed by atoms with Crippen molar-refractivity contribution in [2.24, 2.45) is 0 Å². The van der Waals surface area contributed by atoms with E-state index in [1.165, 1.54) is 0 Å². The van der Waals surface area contributed by atoms with Crippen LogP contribution in [-0.2, 0) is 11.2 Å². The Hall–Kier alpha value is -2.27. The number of benzene rings is 2. The van der Waals surface area contributed by atoms with Gasteiger partial charge in [0.2, 0.25) is 0 Å². The van der Waals surface area contributed by atoms with Crippen LogP contribution in [0.25, 0.3) is 0 Å². The van der Waals surface area contributed by atoms with Crippen LogP contribution in [0.2, 0.25) is 0 Å². The second-order valence-electron chi connectivity index (χ2n) is 5.71. The van der Waals surface area contributed by atoms with Gasteiger partial charge in [-0.2, -0.15) is 0 Å². The van der Waals surface area contributed by atoms with Gasteiger partial charge in [0.05, 0.1) is 5.56 Å². The number of aliphatic carboxylic acids is 1. The topological polar surface area (TPSA) is 66.4 Å². The van der Waals surface area contributed by atoms with Crippen LogP contribution in [0.4, 0.5) is 5.69 Å². The molecule has 2 aromatic carbocycles. The second kappa shape index (κ2) is 8.55. The number of hydrogen-bond acceptors (Lipinski definition) is 3. The Balaban J connectivity index is 2.12. The standard InChI is InChI=1S/C19H21NO3S/c1-13(2)24-17-9-4-3-8-16(17)19(23)20-15-7-5-6-14(12-15)10-11-18(21)22/h3-9,12-13H,10-11H2,1-2H3,(H,20,23)(H,21,22). The number of nitrogens with one attached hydrogen (secondary N) is 1. The number of hydrogen-bond donors (Lipinski definition) is 2. The summed E-state index contributed by atoms with van der Waals surface area (Å²) in [5.41, 5.74) is 2.21. The maximum absolute atomic E-state index is 12.6. The molecule has 0 atom stereocenters. The van der Waals surface area contributed by atoms with Crippen LogP contribution in [-0.4, -0.2) is 22.2 Å². The molecule has 126 valence electrons. The zero-order chi connectivity index (χ0) is 17.5. The molecule has 2 N–H and O–H groups in total. The van der Waals surface area contributed by atoms with Gasteiger partial charge in [0, 0.05) is 22.3 Å². The molecule has 0 bridgehead atoms. The fourth-order valence-corrected chi connectivity index (χ4v) is 3.22. The highest BCUT2D eigenvalue weighted by molar-refractivity contribution is 8.00. The number of thioether (sulfide) groups is 1. The van der Waals surface area contributed by atoms with Crippen LogP contribution in [0, 0.1) is 0 Å². The zero-order valence-electron chi connectivity index (χ0n) is 13.8. The SMILES string of the molecule is CC(C)Sc1ccccc1C(=O)Nc1cccc(CCC(=O)O)c1. The summed E-state index contributed by atoms with van der Waals surface area (Å²) in [4.78, 5) is 24.2. The fraction of sp³-hybridized carbons (Fsp3) is 0.263. The van der Waals surface area contributed by atoms with Crippen LogP contribution in [0.5, 0.6) is 0 Å². The minimum absolute atomic E-state index is 0.0747. The van der Waals surface area contributed by atoms with Crippen molar-refractivity contribution < 1.29 is 14.7 Å². The minimum Gasteiger partial charge on any atom is -0.481 e. The largest absolute Gasteiger partial charge is 0.481 e. The van der Waals surface area contributed by atoms with Gasteiger partial charge in [0.15, 0.2) is 0 Å². The highest BCUT2D eigenvalue weighted by Gasteiger charge is 2.13. The van der Waals surface area contributed by atoms with Gasteiger partial charge in [-0.05, 0) is 36.2 Å². The van der Waals surface area contributed by atoms with Crippen molar-refractivity contribution in [1.82, 2.24) is 0 Å². The van der Waals surface area contributed by atoms with Crippen molar-refractivity contribution in [2.45, 2.75) is 36.8 Å². The van der Waals surface area contributed by atoms with Gasteiger partial charge in [-0.3, -0.25) is 9.59 Å². The first kappa shape index (κ1) is 18.1. The molecular formula is C19H21NO3S. The number of rotatable bonds is 7. The van der Waals surface area contributed by atoms with E-state index < -0.39 is 5.97 Å². The van der Waals surface area contributed by atoms with Crippen molar-refractivity contribution >= 4 is 29.3 Å². The summed E-state index contributed by atoms with van der Waals surface area (Å²) in [6, 6.07) is 14.8. The van der Waals surface area contributed by atoms with E-state index in [4.69, 9.17) is 5.11 Å². The fourth-order valence-electron chi connectivity index (χ4n) is 2.27. The van der Waals surface area contributed by atoms with Crippen LogP contribution in [0.1, 0.15) is 36.2 Å². The molecule has 0 saturated carbocycles. The van der Waals surface area contributed by atoms with Gasteiger partial charge in [0.25, 0.3) is 5.91 Å². The first-order chi connectivity index (χ1) is 11.5. The van der Waals surface area contributed by atoms with Crippen LogP contribution in [0.15, 0.2) is 53.4 Å². The lowest BCUT2D eigenvalue weighted by atomic mass is 10.1. The third-order valence-corrected chi connectivity index (χ3v) is 4.39. The highest BCUT2D eigenvalue weighted by atomic mass is 32.2. The van der Waals surface area contributed by atoms with Gasteiger partial charge in [-0.1, -0.05) is 38.1 Å². The van der Waals surface area contributed by atoms with Crippen molar-refractivity contribution in [3.05, 3.63) is 59.7 Å². The van der Waals surface area contributed by atoms with Crippen molar-refractivity contribution in [2.75, 3.05) is 5.32 Å². The van der Waals surface area contributed by atoms with E-state index in [0.717, 1.165) is 10.5 Å². The molecule has 0 aliphatic heterocycles. The molecule has 1 amide bonds. The van der Waals surface area contributed by atoms with E-state index in [1.54, 1.807) is 17.8 Å². The molecule has 0 aliphatic carbocycles. The summed E-state index contributed by atoms with van der Waals surface area (Å²) in [5.74, 6) is -0.988. The number of carboxylic acid groups (broad SMARTS) is 1. The van der Waals surface area contributed by atoms with E-state index in [1.807, 2.05) is 42.5 Å².